The standard InChI is InChI=1S/C17H24N2O2/c1-13-5-7-14(8-6-13)16(20)9-10-17(21)19-11-3-4-15(12-19)18-2/h5-8,15,18H,3-4,9-12H2,1-2H3. The molecule has 1 atom stereocenters. The second-order valence-electron chi connectivity index (χ2n) is 5.76. The molecule has 1 fully saturated rings. The lowest BCUT2D eigenvalue weighted by Gasteiger charge is -2.32. The van der Waals surface area contributed by atoms with E-state index in [0.29, 0.717) is 24.4 Å². The summed E-state index contributed by atoms with van der Waals surface area (Å²) >= 11 is 0. The zero-order valence-corrected chi connectivity index (χ0v) is 12.9. The number of nitrogens with zero attached hydrogens (tertiary/aromatic N) is 1. The Bertz CT molecular complexity index is 496. The number of benzene rings is 1. The van der Waals surface area contributed by atoms with Gasteiger partial charge in [0, 0.05) is 37.5 Å². The van der Waals surface area contributed by atoms with E-state index in [1.165, 1.54) is 0 Å². The molecule has 0 aliphatic carbocycles. The van der Waals surface area contributed by atoms with E-state index in [4.69, 9.17) is 0 Å². The molecule has 1 aliphatic heterocycles. The molecule has 0 saturated carbocycles. The van der Waals surface area contributed by atoms with Gasteiger partial charge >= 0.3 is 0 Å². The van der Waals surface area contributed by atoms with Crippen molar-refractivity contribution in [3.8, 4) is 0 Å². The van der Waals surface area contributed by atoms with Crippen molar-refractivity contribution < 1.29 is 9.59 Å². The zero-order valence-electron chi connectivity index (χ0n) is 12.9. The van der Waals surface area contributed by atoms with Gasteiger partial charge in [0.1, 0.15) is 0 Å². The van der Waals surface area contributed by atoms with Crippen molar-refractivity contribution in [1.82, 2.24) is 10.2 Å². The molecular weight excluding hydrogens is 264 g/mol. The summed E-state index contributed by atoms with van der Waals surface area (Å²) in [5.41, 5.74) is 1.83. The summed E-state index contributed by atoms with van der Waals surface area (Å²) in [5, 5.41) is 3.22. The van der Waals surface area contributed by atoms with Crippen LogP contribution in [0.2, 0.25) is 0 Å². The maximum atomic E-state index is 12.2. The number of hydrogen-bond donors (Lipinski definition) is 1. The van der Waals surface area contributed by atoms with E-state index in [9.17, 15) is 9.59 Å². The molecular formula is C17H24N2O2. The third-order valence-electron chi connectivity index (χ3n) is 4.12. The summed E-state index contributed by atoms with van der Waals surface area (Å²) in [6.07, 6.45) is 2.75. The maximum absolute atomic E-state index is 12.2. The van der Waals surface area contributed by atoms with E-state index in [0.717, 1.165) is 31.5 Å². The number of nitrogens with one attached hydrogen (secondary N) is 1. The average Bonchev–Trinajstić information content (AvgIpc) is 2.53. The fraction of sp³-hybridized carbons (Fsp3) is 0.529. The number of piperidine rings is 1. The molecule has 2 rings (SSSR count). The summed E-state index contributed by atoms with van der Waals surface area (Å²) in [6.45, 7) is 3.57. The number of rotatable bonds is 5. The van der Waals surface area contributed by atoms with Crippen molar-refractivity contribution in [2.24, 2.45) is 0 Å². The monoisotopic (exact) mass is 288 g/mol. The van der Waals surface area contributed by atoms with Crippen LogP contribution < -0.4 is 5.32 Å². The smallest absolute Gasteiger partial charge is 0.223 e. The molecule has 0 bridgehead atoms. The van der Waals surface area contributed by atoms with Gasteiger partial charge in [0.05, 0.1) is 0 Å². The largest absolute Gasteiger partial charge is 0.341 e. The highest BCUT2D eigenvalue weighted by molar-refractivity contribution is 5.97. The number of amides is 1. The van der Waals surface area contributed by atoms with Crippen LogP contribution in [0.5, 0.6) is 0 Å². The third-order valence-corrected chi connectivity index (χ3v) is 4.12. The van der Waals surface area contributed by atoms with E-state index in [1.807, 2.05) is 43.1 Å². The van der Waals surface area contributed by atoms with Crippen molar-refractivity contribution in [2.45, 2.75) is 38.6 Å². The molecule has 1 unspecified atom stereocenters. The lowest BCUT2D eigenvalue weighted by molar-refractivity contribution is -0.132. The molecule has 0 spiro atoms. The van der Waals surface area contributed by atoms with Gasteiger partial charge in [-0.3, -0.25) is 9.59 Å². The predicted octanol–water partition coefficient (Wildman–Crippen LogP) is 2.17. The van der Waals surface area contributed by atoms with Crippen LogP contribution in [0.25, 0.3) is 0 Å². The minimum atomic E-state index is 0.0468. The first-order chi connectivity index (χ1) is 10.1. The first-order valence-corrected chi connectivity index (χ1v) is 7.65. The van der Waals surface area contributed by atoms with Crippen LogP contribution in [0.3, 0.4) is 0 Å². The minimum absolute atomic E-state index is 0.0468. The zero-order chi connectivity index (χ0) is 15.2. The van der Waals surface area contributed by atoms with Crippen LogP contribution >= 0.6 is 0 Å². The Hall–Kier alpha value is -1.68. The van der Waals surface area contributed by atoms with Gasteiger partial charge in [0.2, 0.25) is 5.91 Å². The molecule has 1 aromatic rings. The predicted molar refractivity (Wildman–Crippen MR) is 83.4 cm³/mol. The van der Waals surface area contributed by atoms with Crippen LogP contribution in [-0.4, -0.2) is 42.8 Å². The summed E-state index contributed by atoms with van der Waals surface area (Å²) < 4.78 is 0. The third kappa shape index (κ3) is 4.39. The second-order valence-corrected chi connectivity index (χ2v) is 5.76. The maximum Gasteiger partial charge on any atom is 0.223 e. The Morgan fingerprint density at radius 1 is 1.24 bits per heavy atom. The van der Waals surface area contributed by atoms with Gasteiger partial charge in [0.25, 0.3) is 0 Å². The molecule has 4 heteroatoms. The topological polar surface area (TPSA) is 49.4 Å². The molecule has 1 N–H and O–H groups in total. The number of Topliss-reactive ketones (excluding diaryl/α,β-unsaturated/α-hetero) is 1. The summed E-state index contributed by atoms with van der Waals surface area (Å²) in [7, 11) is 1.93. The molecule has 21 heavy (non-hydrogen) atoms. The Morgan fingerprint density at radius 3 is 2.62 bits per heavy atom. The first kappa shape index (κ1) is 15.7. The highest BCUT2D eigenvalue weighted by Crippen LogP contribution is 2.13. The Labute approximate surface area is 126 Å². The van der Waals surface area contributed by atoms with E-state index in [1.54, 1.807) is 0 Å². The number of carbonyl (C=O) groups excluding carboxylic acids is 2. The average molecular weight is 288 g/mol. The van der Waals surface area contributed by atoms with Gasteiger partial charge in [-0.15, -0.1) is 0 Å². The Morgan fingerprint density at radius 2 is 1.95 bits per heavy atom. The number of hydrogen-bond acceptors (Lipinski definition) is 3. The molecule has 1 aromatic carbocycles. The van der Waals surface area contributed by atoms with Crippen molar-refractivity contribution in [3.63, 3.8) is 0 Å². The van der Waals surface area contributed by atoms with Crippen molar-refractivity contribution in [1.29, 1.82) is 0 Å². The normalized spacial score (nSPS) is 18.6. The van der Waals surface area contributed by atoms with Gasteiger partial charge in [-0.05, 0) is 26.8 Å². The van der Waals surface area contributed by atoms with E-state index < -0.39 is 0 Å². The van der Waals surface area contributed by atoms with E-state index in [2.05, 4.69) is 5.32 Å². The number of aryl methyl sites for hydroxylation is 1. The van der Waals surface area contributed by atoms with Crippen LogP contribution in [0.15, 0.2) is 24.3 Å². The highest BCUT2D eigenvalue weighted by Gasteiger charge is 2.22. The van der Waals surface area contributed by atoms with Crippen LogP contribution in [0, 0.1) is 6.92 Å². The molecule has 1 saturated heterocycles. The van der Waals surface area contributed by atoms with Gasteiger partial charge in [0.15, 0.2) is 5.78 Å². The lowest BCUT2D eigenvalue weighted by atomic mass is 10.0. The minimum Gasteiger partial charge on any atom is -0.341 e. The summed E-state index contributed by atoms with van der Waals surface area (Å²) in [5.74, 6) is 0.140. The molecule has 114 valence electrons. The highest BCUT2D eigenvalue weighted by atomic mass is 16.2. The quantitative estimate of drug-likeness (QED) is 0.845. The van der Waals surface area contributed by atoms with E-state index >= 15 is 0 Å². The van der Waals surface area contributed by atoms with E-state index in [-0.39, 0.29) is 11.7 Å². The fourth-order valence-corrected chi connectivity index (χ4v) is 2.70. The van der Waals surface area contributed by atoms with Crippen LogP contribution in [-0.2, 0) is 4.79 Å². The fourth-order valence-electron chi connectivity index (χ4n) is 2.70. The van der Waals surface area contributed by atoms with Crippen molar-refractivity contribution in [3.05, 3.63) is 35.4 Å². The van der Waals surface area contributed by atoms with Gasteiger partial charge in [-0.1, -0.05) is 29.8 Å². The Kier molecular flexibility index (Phi) is 5.51. The van der Waals surface area contributed by atoms with Crippen molar-refractivity contribution >= 4 is 11.7 Å². The van der Waals surface area contributed by atoms with Crippen LogP contribution in [0.4, 0.5) is 0 Å². The molecule has 1 amide bonds. The number of likely N-dealkylation sites (N-methyl/N-ethyl adjacent to an activating group) is 1. The second kappa shape index (κ2) is 7.36. The van der Waals surface area contributed by atoms with Gasteiger partial charge in [-0.2, -0.15) is 0 Å². The molecule has 1 aliphatic rings. The van der Waals surface area contributed by atoms with Crippen LogP contribution in [0.1, 0.15) is 41.6 Å². The summed E-state index contributed by atoms with van der Waals surface area (Å²) in [4.78, 5) is 26.2. The van der Waals surface area contributed by atoms with Crippen molar-refractivity contribution in [2.75, 3.05) is 20.1 Å². The number of carbonyl (C=O) groups is 2. The molecule has 0 aromatic heterocycles. The van der Waals surface area contributed by atoms with Gasteiger partial charge < -0.3 is 10.2 Å². The molecule has 1 heterocycles. The Balaban J connectivity index is 1.83. The summed E-state index contributed by atoms with van der Waals surface area (Å²) in [6, 6.07) is 7.91. The lowest BCUT2D eigenvalue weighted by Crippen LogP contribution is -2.47. The molecule has 0 radical (unpaired) electrons. The molecule has 4 nitrogen and oxygen atoms in total. The number of likely N-dealkylation sites (tertiary alicyclic amines) is 1. The van der Waals surface area contributed by atoms with Gasteiger partial charge in [-0.25, -0.2) is 0 Å². The SMILES string of the molecule is CNC1CCCN(C(=O)CCC(=O)c2ccc(C)cc2)C1. The first-order valence-electron chi connectivity index (χ1n) is 7.65. The number of ketones is 1.